The summed E-state index contributed by atoms with van der Waals surface area (Å²) in [4.78, 5) is 11.3. The summed E-state index contributed by atoms with van der Waals surface area (Å²) in [6.45, 7) is 0. The summed E-state index contributed by atoms with van der Waals surface area (Å²) in [6.07, 6.45) is 0.778. The number of rotatable bonds is 2. The second kappa shape index (κ2) is 5.05. The van der Waals surface area contributed by atoms with Gasteiger partial charge in [0.15, 0.2) is 0 Å². The SMILES string of the molecule is O=C(O)c1csc(C#CCCBr)c1. The molecule has 0 fully saturated rings. The minimum atomic E-state index is -0.898. The number of hydrogen-bond donors (Lipinski definition) is 1. The monoisotopic (exact) mass is 258 g/mol. The Morgan fingerprint density at radius 1 is 1.69 bits per heavy atom. The summed E-state index contributed by atoms with van der Waals surface area (Å²) in [7, 11) is 0. The summed E-state index contributed by atoms with van der Waals surface area (Å²) >= 11 is 4.62. The molecule has 0 radical (unpaired) electrons. The van der Waals surface area contributed by atoms with E-state index in [1.165, 1.54) is 11.3 Å². The molecule has 1 rings (SSSR count). The lowest BCUT2D eigenvalue weighted by atomic mass is 10.3. The fourth-order valence-corrected chi connectivity index (χ4v) is 1.66. The predicted molar refractivity (Wildman–Crippen MR) is 56.6 cm³/mol. The van der Waals surface area contributed by atoms with Gasteiger partial charge in [0.05, 0.1) is 10.4 Å². The molecular formula is C9H7BrO2S. The van der Waals surface area contributed by atoms with E-state index in [9.17, 15) is 4.79 Å². The summed E-state index contributed by atoms with van der Waals surface area (Å²) in [5.41, 5.74) is 0.313. The van der Waals surface area contributed by atoms with Crippen LogP contribution in [0.3, 0.4) is 0 Å². The molecule has 0 aliphatic heterocycles. The third kappa shape index (κ3) is 3.21. The lowest BCUT2D eigenvalue weighted by molar-refractivity contribution is 0.0697. The number of thiophene rings is 1. The molecule has 1 aromatic rings. The smallest absolute Gasteiger partial charge is 0.336 e. The number of aromatic carboxylic acids is 1. The first-order valence-electron chi connectivity index (χ1n) is 3.60. The number of halogens is 1. The van der Waals surface area contributed by atoms with Gasteiger partial charge in [-0.25, -0.2) is 4.79 Å². The van der Waals surface area contributed by atoms with Gasteiger partial charge in [0, 0.05) is 17.1 Å². The highest BCUT2D eigenvalue weighted by Crippen LogP contribution is 2.13. The number of carboxylic acid groups (broad SMARTS) is 1. The lowest BCUT2D eigenvalue weighted by Crippen LogP contribution is -1.91. The van der Waals surface area contributed by atoms with Crippen LogP contribution in [-0.2, 0) is 0 Å². The molecule has 13 heavy (non-hydrogen) atoms. The number of alkyl halides is 1. The highest BCUT2D eigenvalue weighted by Gasteiger charge is 2.03. The van der Waals surface area contributed by atoms with Gasteiger partial charge in [0.2, 0.25) is 0 Å². The topological polar surface area (TPSA) is 37.3 Å². The molecule has 0 aliphatic rings. The van der Waals surface area contributed by atoms with Crippen LogP contribution in [0.25, 0.3) is 0 Å². The first-order chi connectivity index (χ1) is 6.24. The van der Waals surface area contributed by atoms with Gasteiger partial charge < -0.3 is 5.11 Å². The lowest BCUT2D eigenvalue weighted by Gasteiger charge is -1.80. The summed E-state index contributed by atoms with van der Waals surface area (Å²) in [5.74, 6) is 4.92. The Labute approximate surface area is 88.7 Å². The molecule has 0 aromatic carbocycles. The van der Waals surface area contributed by atoms with Crippen molar-refractivity contribution in [2.75, 3.05) is 5.33 Å². The maximum atomic E-state index is 10.5. The second-order valence-electron chi connectivity index (χ2n) is 2.25. The summed E-state index contributed by atoms with van der Waals surface area (Å²) < 4.78 is 0. The van der Waals surface area contributed by atoms with Crippen molar-refractivity contribution in [1.29, 1.82) is 0 Å². The van der Waals surface area contributed by atoms with E-state index in [-0.39, 0.29) is 0 Å². The van der Waals surface area contributed by atoms with Gasteiger partial charge in [-0.15, -0.1) is 11.3 Å². The van der Waals surface area contributed by atoms with E-state index < -0.39 is 5.97 Å². The summed E-state index contributed by atoms with van der Waals surface area (Å²) in [6, 6.07) is 1.59. The normalized spacial score (nSPS) is 9.00. The highest BCUT2D eigenvalue weighted by molar-refractivity contribution is 9.09. The van der Waals surface area contributed by atoms with Crippen LogP contribution in [0.15, 0.2) is 11.4 Å². The van der Waals surface area contributed by atoms with Crippen LogP contribution in [0.5, 0.6) is 0 Å². The molecule has 0 saturated carbocycles. The molecule has 0 atom stereocenters. The van der Waals surface area contributed by atoms with E-state index in [2.05, 4.69) is 27.8 Å². The van der Waals surface area contributed by atoms with Crippen molar-refractivity contribution in [3.05, 3.63) is 21.9 Å². The van der Waals surface area contributed by atoms with E-state index in [0.717, 1.165) is 16.6 Å². The Balaban J connectivity index is 2.71. The largest absolute Gasteiger partial charge is 0.478 e. The maximum absolute atomic E-state index is 10.5. The van der Waals surface area contributed by atoms with Gasteiger partial charge in [-0.3, -0.25) is 0 Å². The van der Waals surface area contributed by atoms with E-state index in [1.54, 1.807) is 11.4 Å². The van der Waals surface area contributed by atoms with Crippen LogP contribution < -0.4 is 0 Å². The standard InChI is InChI=1S/C9H7BrO2S/c10-4-2-1-3-8-5-7(6-13-8)9(11)12/h5-6H,2,4H2,(H,11,12). The number of hydrogen-bond acceptors (Lipinski definition) is 2. The average Bonchev–Trinajstić information content (AvgIpc) is 2.53. The molecule has 0 aliphatic carbocycles. The molecule has 1 aromatic heterocycles. The Bertz CT molecular complexity index is 359. The van der Waals surface area contributed by atoms with Crippen molar-refractivity contribution in [3.63, 3.8) is 0 Å². The zero-order chi connectivity index (χ0) is 9.68. The number of carbonyl (C=O) groups is 1. The molecule has 4 heteroatoms. The van der Waals surface area contributed by atoms with Crippen LogP contribution >= 0.6 is 27.3 Å². The van der Waals surface area contributed by atoms with Crippen molar-refractivity contribution in [2.24, 2.45) is 0 Å². The van der Waals surface area contributed by atoms with Crippen LogP contribution in [0.1, 0.15) is 21.7 Å². The molecule has 0 amide bonds. The molecule has 0 unspecified atom stereocenters. The van der Waals surface area contributed by atoms with Crippen LogP contribution in [0.2, 0.25) is 0 Å². The number of carboxylic acids is 1. The van der Waals surface area contributed by atoms with Gasteiger partial charge in [0.1, 0.15) is 0 Å². The second-order valence-corrected chi connectivity index (χ2v) is 3.95. The highest BCUT2D eigenvalue weighted by atomic mass is 79.9. The van der Waals surface area contributed by atoms with Gasteiger partial charge >= 0.3 is 5.97 Å². The van der Waals surface area contributed by atoms with E-state index in [1.807, 2.05) is 0 Å². The first-order valence-corrected chi connectivity index (χ1v) is 5.61. The van der Waals surface area contributed by atoms with Gasteiger partial charge in [-0.2, -0.15) is 0 Å². The van der Waals surface area contributed by atoms with Crippen molar-refractivity contribution < 1.29 is 9.90 Å². The third-order valence-electron chi connectivity index (χ3n) is 1.28. The fourth-order valence-electron chi connectivity index (χ4n) is 0.711. The van der Waals surface area contributed by atoms with E-state index in [0.29, 0.717) is 5.56 Å². The van der Waals surface area contributed by atoms with E-state index in [4.69, 9.17) is 5.11 Å². The minimum Gasteiger partial charge on any atom is -0.478 e. The van der Waals surface area contributed by atoms with Crippen molar-refractivity contribution in [2.45, 2.75) is 6.42 Å². The van der Waals surface area contributed by atoms with Crippen molar-refractivity contribution >= 4 is 33.2 Å². The van der Waals surface area contributed by atoms with Gasteiger partial charge in [-0.05, 0) is 6.07 Å². The molecule has 0 spiro atoms. The molecule has 0 bridgehead atoms. The van der Waals surface area contributed by atoms with Crippen molar-refractivity contribution in [3.8, 4) is 11.8 Å². The van der Waals surface area contributed by atoms with Gasteiger partial charge in [0.25, 0.3) is 0 Å². The van der Waals surface area contributed by atoms with Crippen LogP contribution in [0, 0.1) is 11.8 Å². The van der Waals surface area contributed by atoms with Crippen LogP contribution in [-0.4, -0.2) is 16.4 Å². The molecule has 68 valence electrons. The molecule has 1 N–H and O–H groups in total. The first kappa shape index (κ1) is 10.3. The van der Waals surface area contributed by atoms with Crippen LogP contribution in [0.4, 0.5) is 0 Å². The van der Waals surface area contributed by atoms with Gasteiger partial charge in [-0.1, -0.05) is 27.8 Å². The molecule has 2 nitrogen and oxygen atoms in total. The Hall–Kier alpha value is -0.790. The maximum Gasteiger partial charge on any atom is 0.336 e. The minimum absolute atomic E-state index is 0.313. The predicted octanol–water partition coefficient (Wildman–Crippen LogP) is 2.58. The zero-order valence-corrected chi connectivity index (χ0v) is 9.11. The Morgan fingerprint density at radius 2 is 2.46 bits per heavy atom. The average molecular weight is 259 g/mol. The zero-order valence-electron chi connectivity index (χ0n) is 6.71. The molecule has 1 heterocycles. The van der Waals surface area contributed by atoms with E-state index >= 15 is 0 Å². The fraction of sp³-hybridized carbons (Fsp3) is 0.222. The molecular weight excluding hydrogens is 252 g/mol. The van der Waals surface area contributed by atoms with Crippen molar-refractivity contribution in [1.82, 2.24) is 0 Å². The Kier molecular flexibility index (Phi) is 4.00. The quantitative estimate of drug-likeness (QED) is 0.654. The third-order valence-corrected chi connectivity index (χ3v) is 2.52. The molecule has 0 saturated heterocycles. The Morgan fingerprint density at radius 3 is 3.00 bits per heavy atom. The summed E-state index contributed by atoms with van der Waals surface area (Å²) in [5, 5.41) is 11.1.